The summed E-state index contributed by atoms with van der Waals surface area (Å²) in [6.07, 6.45) is 0. The second-order valence-corrected chi connectivity index (χ2v) is 11.5. The molecule has 0 unspecified atom stereocenters. The second-order valence-electron chi connectivity index (χ2n) is 10.5. The maximum atomic E-state index is 7.22. The highest BCUT2D eigenvalue weighted by atomic mass is 32.1. The van der Waals surface area contributed by atoms with E-state index in [1.807, 2.05) is 66.7 Å². The van der Waals surface area contributed by atoms with Crippen LogP contribution in [0.4, 0.5) is 11.4 Å². The van der Waals surface area contributed by atoms with Gasteiger partial charge in [-0.05, 0) is 52.6 Å². The Labute approximate surface area is 252 Å². The Kier molecular flexibility index (Phi) is 5.82. The molecule has 8 rings (SSSR count). The predicted molar refractivity (Wildman–Crippen MR) is 179 cm³/mol. The first-order chi connectivity index (χ1) is 21.2. The van der Waals surface area contributed by atoms with E-state index in [1.165, 1.54) is 0 Å². The number of hydrogen-bond donors (Lipinski definition) is 1. The van der Waals surface area contributed by atoms with Gasteiger partial charge in [0.2, 0.25) is 0 Å². The average Bonchev–Trinajstić information content (AvgIpc) is 3.66. The zero-order valence-corrected chi connectivity index (χ0v) is 23.7. The fourth-order valence-electron chi connectivity index (χ4n) is 5.75. The molecule has 4 nitrogen and oxygen atoms in total. The van der Waals surface area contributed by atoms with Crippen LogP contribution in [0.25, 0.3) is 81.0 Å². The monoisotopic (exact) mass is 569 g/mol. The maximum Gasteiger partial charge on any atom is 0.187 e. The van der Waals surface area contributed by atoms with Gasteiger partial charge in [0, 0.05) is 33.2 Å². The van der Waals surface area contributed by atoms with E-state index in [0.29, 0.717) is 11.4 Å². The van der Waals surface area contributed by atoms with Crippen molar-refractivity contribution in [3.05, 3.63) is 139 Å². The number of nitrogen functional groups attached to an aromatic ring is 1. The summed E-state index contributed by atoms with van der Waals surface area (Å²) in [4.78, 5) is 8.67. The Balaban J connectivity index is 1.33. The van der Waals surface area contributed by atoms with Gasteiger partial charge >= 0.3 is 0 Å². The molecule has 0 spiro atoms. The summed E-state index contributed by atoms with van der Waals surface area (Å²) >= 11 is 1.65. The zero-order valence-electron chi connectivity index (χ0n) is 22.9. The summed E-state index contributed by atoms with van der Waals surface area (Å²) in [6, 6.07) is 43.1. The highest BCUT2D eigenvalue weighted by Crippen LogP contribution is 2.43. The highest BCUT2D eigenvalue weighted by molar-refractivity contribution is 7.21. The van der Waals surface area contributed by atoms with Gasteiger partial charge in [0.05, 0.1) is 16.8 Å². The molecule has 0 saturated heterocycles. The van der Waals surface area contributed by atoms with Crippen molar-refractivity contribution in [2.45, 2.75) is 0 Å². The van der Waals surface area contributed by atoms with Crippen molar-refractivity contribution in [3.8, 4) is 44.0 Å². The molecule has 2 heterocycles. The Morgan fingerprint density at radius 2 is 1.28 bits per heavy atom. The van der Waals surface area contributed by atoms with Crippen molar-refractivity contribution < 1.29 is 4.42 Å². The minimum absolute atomic E-state index is 0.641. The Morgan fingerprint density at radius 3 is 2.05 bits per heavy atom. The van der Waals surface area contributed by atoms with Crippen LogP contribution in [0.15, 0.2) is 132 Å². The molecule has 43 heavy (non-hydrogen) atoms. The molecule has 0 amide bonds. The van der Waals surface area contributed by atoms with Crippen LogP contribution in [0, 0.1) is 6.57 Å². The quantitative estimate of drug-likeness (QED) is 0.169. The topological polar surface area (TPSA) is 56.4 Å². The summed E-state index contributed by atoms with van der Waals surface area (Å²) < 4.78 is 7.54. The summed E-state index contributed by atoms with van der Waals surface area (Å²) in [5.74, 6) is 0. The molecule has 0 radical (unpaired) electrons. The molecule has 2 N–H and O–H groups in total. The van der Waals surface area contributed by atoms with Gasteiger partial charge in [-0.1, -0.05) is 97.1 Å². The van der Waals surface area contributed by atoms with E-state index >= 15 is 0 Å². The SMILES string of the molecule is [C-]#[N+]c1ccc(-c2ccc(-c3cc(-c4cccc5c4oc4ccccc45)c4nc(-c5ccccc5N)sc4c3)cc2)cc1. The molecule has 0 aliphatic rings. The largest absolute Gasteiger partial charge is 0.455 e. The maximum absolute atomic E-state index is 7.22. The number of hydrogen-bond acceptors (Lipinski definition) is 4. The summed E-state index contributed by atoms with van der Waals surface area (Å²) in [5.41, 5.74) is 17.7. The third-order valence-corrected chi connectivity index (χ3v) is 8.96. The van der Waals surface area contributed by atoms with Crippen molar-refractivity contribution >= 4 is 54.9 Å². The Bertz CT molecular complexity index is 2360. The number of benzene rings is 6. The van der Waals surface area contributed by atoms with Crippen LogP contribution in [0.2, 0.25) is 0 Å². The van der Waals surface area contributed by atoms with E-state index in [9.17, 15) is 0 Å². The van der Waals surface area contributed by atoms with E-state index in [0.717, 1.165) is 76.1 Å². The second kappa shape index (κ2) is 9.99. The van der Waals surface area contributed by atoms with Gasteiger partial charge in [0.25, 0.3) is 0 Å². The fraction of sp³-hybridized carbons (Fsp3) is 0. The number of nitrogens with zero attached hydrogens (tertiary/aromatic N) is 2. The van der Waals surface area contributed by atoms with Crippen LogP contribution in [0.3, 0.4) is 0 Å². The van der Waals surface area contributed by atoms with Crippen LogP contribution >= 0.6 is 11.3 Å². The minimum atomic E-state index is 0.641. The standard InChI is InChI=1S/C38H23N3OS/c1-40-27-19-17-24(18-20-27)23-13-15-25(16-14-23)26-21-32(30-10-6-9-29-28-7-3-5-12-34(28)42-37(29)30)36-35(22-26)43-38(41-36)31-8-2-4-11-33(31)39/h2-22H,39H2. The first kappa shape index (κ1) is 25.0. The van der Waals surface area contributed by atoms with E-state index in [-0.39, 0.29) is 0 Å². The normalized spacial score (nSPS) is 11.3. The van der Waals surface area contributed by atoms with Gasteiger partial charge in [-0.2, -0.15) is 0 Å². The molecule has 8 aromatic rings. The van der Waals surface area contributed by atoms with Gasteiger partial charge in [-0.3, -0.25) is 0 Å². The first-order valence-corrected chi connectivity index (χ1v) is 14.8. The molecule has 0 saturated carbocycles. The Morgan fingerprint density at radius 1 is 0.628 bits per heavy atom. The number of furan rings is 1. The fourth-order valence-corrected chi connectivity index (χ4v) is 6.83. The number of anilines is 1. The van der Waals surface area contributed by atoms with Crippen LogP contribution < -0.4 is 5.73 Å². The summed E-state index contributed by atoms with van der Waals surface area (Å²) in [7, 11) is 0. The van der Waals surface area contributed by atoms with Gasteiger partial charge < -0.3 is 10.2 Å². The van der Waals surface area contributed by atoms with Gasteiger partial charge in [0.1, 0.15) is 16.2 Å². The number of nitrogens with two attached hydrogens (primary N) is 1. The molecular weight excluding hydrogens is 547 g/mol. The van der Waals surface area contributed by atoms with E-state index in [4.69, 9.17) is 21.7 Å². The average molecular weight is 570 g/mol. The molecule has 0 aliphatic heterocycles. The number of fused-ring (bicyclic) bond motifs is 4. The number of para-hydroxylation sites is 3. The molecule has 0 bridgehead atoms. The summed E-state index contributed by atoms with van der Waals surface area (Å²) in [6.45, 7) is 7.22. The molecular formula is C38H23N3OS. The van der Waals surface area contributed by atoms with Crippen molar-refractivity contribution in [3.63, 3.8) is 0 Å². The lowest BCUT2D eigenvalue weighted by Crippen LogP contribution is -1.89. The number of aromatic nitrogens is 1. The van der Waals surface area contributed by atoms with Crippen LogP contribution in [-0.2, 0) is 0 Å². The predicted octanol–water partition coefficient (Wildman–Crippen LogP) is 11.0. The van der Waals surface area contributed by atoms with Gasteiger partial charge in [0.15, 0.2) is 5.69 Å². The van der Waals surface area contributed by atoms with E-state index < -0.39 is 0 Å². The lowest BCUT2D eigenvalue weighted by Gasteiger charge is -2.10. The first-order valence-electron chi connectivity index (χ1n) is 13.9. The van der Waals surface area contributed by atoms with E-state index in [2.05, 4.69) is 65.5 Å². The van der Waals surface area contributed by atoms with Crippen molar-refractivity contribution in [2.75, 3.05) is 5.73 Å². The zero-order chi connectivity index (χ0) is 28.9. The molecule has 0 atom stereocenters. The Hall–Kier alpha value is -5.70. The van der Waals surface area contributed by atoms with Crippen LogP contribution in [0.1, 0.15) is 0 Å². The third-order valence-electron chi connectivity index (χ3n) is 7.93. The molecule has 2 aromatic heterocycles. The third kappa shape index (κ3) is 4.25. The molecule has 202 valence electrons. The lowest BCUT2D eigenvalue weighted by molar-refractivity contribution is 0.670. The van der Waals surface area contributed by atoms with Gasteiger partial charge in [-0.25, -0.2) is 9.83 Å². The van der Waals surface area contributed by atoms with Crippen LogP contribution in [-0.4, -0.2) is 4.98 Å². The van der Waals surface area contributed by atoms with Crippen molar-refractivity contribution in [1.29, 1.82) is 0 Å². The molecule has 0 fully saturated rings. The number of thiazole rings is 1. The van der Waals surface area contributed by atoms with Crippen LogP contribution in [0.5, 0.6) is 0 Å². The number of rotatable bonds is 4. The molecule has 0 aliphatic carbocycles. The smallest absolute Gasteiger partial charge is 0.187 e. The minimum Gasteiger partial charge on any atom is -0.455 e. The molecule has 5 heteroatoms. The molecule has 6 aromatic carbocycles. The van der Waals surface area contributed by atoms with Gasteiger partial charge in [-0.15, -0.1) is 11.3 Å². The van der Waals surface area contributed by atoms with E-state index in [1.54, 1.807) is 11.3 Å². The lowest BCUT2D eigenvalue weighted by atomic mass is 9.95. The summed E-state index contributed by atoms with van der Waals surface area (Å²) in [5, 5.41) is 3.08. The van der Waals surface area contributed by atoms with Crippen molar-refractivity contribution in [1.82, 2.24) is 4.98 Å². The highest BCUT2D eigenvalue weighted by Gasteiger charge is 2.19. The van der Waals surface area contributed by atoms with Crippen molar-refractivity contribution in [2.24, 2.45) is 0 Å².